The third kappa shape index (κ3) is 1.30. The zero-order valence-corrected chi connectivity index (χ0v) is 14.9. The summed E-state index contributed by atoms with van der Waals surface area (Å²) in [6, 6.07) is 0. The number of ether oxygens (including phenoxy) is 2. The summed E-state index contributed by atoms with van der Waals surface area (Å²) in [5, 5.41) is 0. The van der Waals surface area contributed by atoms with E-state index < -0.39 is 0 Å². The Morgan fingerprint density at radius 3 is 1.85 bits per heavy atom. The monoisotopic (exact) mass is 454 g/mol. The quantitative estimate of drug-likeness (QED) is 0.363. The van der Waals surface area contributed by atoms with Gasteiger partial charge in [0, 0.05) is 8.75 Å². The Hall–Kier alpha value is 0.150. The third-order valence-corrected chi connectivity index (χ3v) is 9.18. The Morgan fingerprint density at radius 2 is 1.35 bits per heavy atom. The maximum absolute atomic E-state index is 12.2. The van der Waals surface area contributed by atoms with E-state index in [-0.39, 0.29) is 29.7 Å². The number of carbonyl (C=O) groups excluding carboxylic acids is 2. The number of rotatable bonds is 2. The first-order valence-electron chi connectivity index (χ1n) is 6.98. The summed E-state index contributed by atoms with van der Waals surface area (Å²) in [5.74, 6) is 1.83. The summed E-state index contributed by atoms with van der Waals surface area (Å²) in [6.45, 7) is 0. The lowest BCUT2D eigenvalue weighted by Gasteiger charge is -2.57. The van der Waals surface area contributed by atoms with Crippen LogP contribution in [-0.4, -0.2) is 34.9 Å². The van der Waals surface area contributed by atoms with Crippen LogP contribution in [0.15, 0.2) is 0 Å². The van der Waals surface area contributed by atoms with Gasteiger partial charge in [-0.25, -0.2) is 0 Å². The summed E-state index contributed by atoms with van der Waals surface area (Å²) < 4.78 is 10.6. The minimum atomic E-state index is -0.303. The van der Waals surface area contributed by atoms with Gasteiger partial charge in [-0.15, -0.1) is 0 Å². The third-order valence-electron chi connectivity index (χ3n) is 6.30. The zero-order valence-electron chi connectivity index (χ0n) is 11.2. The molecule has 0 aliphatic heterocycles. The SMILES string of the molecule is COC(=O)C1C(C(=O)OC)C2C3C(Br)C4C(I)C(C13)C42. The Balaban J connectivity index is 1.76. The van der Waals surface area contributed by atoms with Gasteiger partial charge in [-0.3, -0.25) is 9.59 Å². The minimum Gasteiger partial charge on any atom is -0.469 e. The van der Waals surface area contributed by atoms with Crippen LogP contribution in [0.3, 0.4) is 0 Å². The summed E-state index contributed by atoms with van der Waals surface area (Å²) in [7, 11) is 2.83. The molecular formula is C14H16BrIO4. The van der Waals surface area contributed by atoms with E-state index in [1.807, 2.05) is 0 Å². The van der Waals surface area contributed by atoms with Crippen molar-refractivity contribution in [2.75, 3.05) is 14.2 Å². The molecule has 4 fully saturated rings. The smallest absolute Gasteiger partial charge is 0.309 e. The lowest BCUT2D eigenvalue weighted by atomic mass is 9.52. The summed E-state index contributed by atoms with van der Waals surface area (Å²) in [6.07, 6.45) is 0. The predicted octanol–water partition coefficient (Wildman–Crippen LogP) is 1.88. The van der Waals surface area contributed by atoms with Gasteiger partial charge in [0.2, 0.25) is 0 Å². The number of alkyl halides is 2. The molecule has 4 aliphatic rings. The van der Waals surface area contributed by atoms with Crippen LogP contribution in [0, 0.1) is 47.3 Å². The highest BCUT2D eigenvalue weighted by molar-refractivity contribution is 14.1. The molecule has 0 aromatic heterocycles. The van der Waals surface area contributed by atoms with E-state index in [4.69, 9.17) is 9.47 Å². The molecule has 0 aromatic rings. The van der Waals surface area contributed by atoms with E-state index in [1.165, 1.54) is 14.2 Å². The lowest BCUT2D eigenvalue weighted by Crippen LogP contribution is -2.60. The number of halogens is 2. The molecule has 4 aliphatic carbocycles. The van der Waals surface area contributed by atoms with Crippen LogP contribution in [0.5, 0.6) is 0 Å². The molecule has 0 N–H and O–H groups in total. The van der Waals surface area contributed by atoms with Crippen LogP contribution in [0.4, 0.5) is 0 Å². The fraction of sp³-hybridized carbons (Fsp3) is 0.857. The van der Waals surface area contributed by atoms with Gasteiger partial charge in [-0.05, 0) is 35.5 Å². The molecule has 0 aromatic carbocycles. The van der Waals surface area contributed by atoms with Gasteiger partial charge in [0.05, 0.1) is 26.1 Å². The highest BCUT2D eigenvalue weighted by atomic mass is 127. The Kier molecular flexibility index (Phi) is 2.99. The summed E-state index contributed by atoms with van der Waals surface area (Å²) in [5.41, 5.74) is 0. The molecule has 6 heteroatoms. The second-order valence-corrected chi connectivity index (χ2v) is 8.95. The molecule has 0 heterocycles. The van der Waals surface area contributed by atoms with Crippen molar-refractivity contribution in [3.05, 3.63) is 0 Å². The maximum atomic E-state index is 12.2. The average Bonchev–Trinajstić information content (AvgIpc) is 3.01. The first kappa shape index (κ1) is 13.8. The number of methoxy groups -OCH3 is 2. The first-order chi connectivity index (χ1) is 9.54. The van der Waals surface area contributed by atoms with Crippen LogP contribution < -0.4 is 0 Å². The molecule has 4 nitrogen and oxygen atoms in total. The molecule has 20 heavy (non-hydrogen) atoms. The zero-order chi connectivity index (χ0) is 14.3. The van der Waals surface area contributed by atoms with Crippen molar-refractivity contribution in [3.63, 3.8) is 0 Å². The van der Waals surface area contributed by atoms with Crippen molar-refractivity contribution in [1.29, 1.82) is 0 Å². The highest BCUT2D eigenvalue weighted by Crippen LogP contribution is 2.79. The van der Waals surface area contributed by atoms with Gasteiger partial charge >= 0.3 is 11.9 Å². The topological polar surface area (TPSA) is 52.6 Å². The van der Waals surface area contributed by atoms with Crippen LogP contribution in [-0.2, 0) is 19.1 Å². The molecule has 10 atom stereocenters. The maximum Gasteiger partial charge on any atom is 0.309 e. The van der Waals surface area contributed by atoms with Crippen LogP contribution in [0.1, 0.15) is 0 Å². The number of esters is 2. The van der Waals surface area contributed by atoms with E-state index in [9.17, 15) is 9.59 Å². The number of carbonyl (C=O) groups is 2. The van der Waals surface area contributed by atoms with Crippen molar-refractivity contribution in [1.82, 2.24) is 0 Å². The number of fused-ring (bicyclic) bond motifs is 1. The van der Waals surface area contributed by atoms with Gasteiger partial charge in [-0.1, -0.05) is 38.5 Å². The fourth-order valence-corrected chi connectivity index (χ4v) is 9.77. The van der Waals surface area contributed by atoms with Gasteiger partial charge in [-0.2, -0.15) is 0 Å². The molecule has 0 radical (unpaired) electrons. The van der Waals surface area contributed by atoms with Crippen molar-refractivity contribution >= 4 is 50.5 Å². The molecule has 4 rings (SSSR count). The standard InChI is InChI=1S/C14H16BrIO4/c1-19-13(17)8-3-4-7-5(9(8)14(18)20-2)6(3)11(15)10(4)12(7)16/h3-12H,1-2H3. The average molecular weight is 455 g/mol. The molecule has 4 saturated carbocycles. The summed E-state index contributed by atoms with van der Waals surface area (Å²) >= 11 is 6.38. The second kappa shape index (κ2) is 4.33. The lowest BCUT2D eigenvalue weighted by molar-refractivity contribution is -0.167. The normalized spacial score (nSPS) is 57.4. The van der Waals surface area contributed by atoms with Crippen molar-refractivity contribution in [2.24, 2.45) is 47.3 Å². The van der Waals surface area contributed by atoms with E-state index >= 15 is 0 Å². The molecular weight excluding hydrogens is 439 g/mol. The predicted molar refractivity (Wildman–Crippen MR) is 82.5 cm³/mol. The molecule has 110 valence electrons. The van der Waals surface area contributed by atoms with Crippen LogP contribution in [0.25, 0.3) is 0 Å². The van der Waals surface area contributed by atoms with E-state index in [2.05, 4.69) is 38.5 Å². The van der Waals surface area contributed by atoms with E-state index in [0.717, 1.165) is 0 Å². The van der Waals surface area contributed by atoms with Gasteiger partial charge < -0.3 is 9.47 Å². The minimum absolute atomic E-state index is 0.228. The molecule has 0 spiro atoms. The van der Waals surface area contributed by atoms with E-state index in [1.54, 1.807) is 0 Å². The Labute approximate surface area is 139 Å². The van der Waals surface area contributed by atoms with E-state index in [0.29, 0.717) is 38.3 Å². The fourth-order valence-electron chi connectivity index (χ4n) is 5.93. The highest BCUT2D eigenvalue weighted by Gasteiger charge is 2.81. The van der Waals surface area contributed by atoms with Crippen molar-refractivity contribution in [2.45, 2.75) is 8.75 Å². The van der Waals surface area contributed by atoms with Gasteiger partial charge in [0.1, 0.15) is 0 Å². The van der Waals surface area contributed by atoms with Crippen molar-refractivity contribution < 1.29 is 19.1 Å². The Bertz CT molecular complexity index is 498. The Morgan fingerprint density at radius 1 is 0.850 bits per heavy atom. The van der Waals surface area contributed by atoms with Gasteiger partial charge in [0.15, 0.2) is 0 Å². The van der Waals surface area contributed by atoms with Crippen LogP contribution in [0.2, 0.25) is 0 Å². The van der Waals surface area contributed by atoms with Crippen LogP contribution >= 0.6 is 38.5 Å². The molecule has 10 unspecified atom stereocenters. The molecule has 4 bridgehead atoms. The molecule has 0 amide bonds. The van der Waals surface area contributed by atoms with Gasteiger partial charge in [0.25, 0.3) is 0 Å². The molecule has 0 saturated heterocycles. The van der Waals surface area contributed by atoms with Crippen molar-refractivity contribution in [3.8, 4) is 0 Å². The number of hydrogen-bond acceptors (Lipinski definition) is 4. The largest absolute Gasteiger partial charge is 0.469 e. The second-order valence-electron chi connectivity index (χ2n) is 6.45. The number of hydrogen-bond donors (Lipinski definition) is 0. The first-order valence-corrected chi connectivity index (χ1v) is 9.14. The summed E-state index contributed by atoms with van der Waals surface area (Å²) in [4.78, 5) is 24.9.